The molecule has 1 atom stereocenters. The summed E-state index contributed by atoms with van der Waals surface area (Å²) in [6.45, 7) is 14.1. The first kappa shape index (κ1) is 12.4. The molecule has 0 unspecified atom stereocenters. The van der Waals surface area contributed by atoms with Crippen molar-refractivity contribution in [1.29, 1.82) is 0 Å². The standard InChI is InChI=1S/C12H22O/c1-7-12(5,6)10(4)8-11(13)9(2)3/h7,9-10H,1,8H2,2-6H3/t10-/m0/s1. The third kappa shape index (κ3) is 3.75. The van der Waals surface area contributed by atoms with Crippen LogP contribution < -0.4 is 0 Å². The van der Waals surface area contributed by atoms with Crippen molar-refractivity contribution in [2.24, 2.45) is 17.3 Å². The summed E-state index contributed by atoms with van der Waals surface area (Å²) in [4.78, 5) is 11.5. The van der Waals surface area contributed by atoms with Crippen LogP contribution in [0.5, 0.6) is 0 Å². The fourth-order valence-electron chi connectivity index (χ4n) is 1.00. The number of hydrogen-bond acceptors (Lipinski definition) is 1. The maximum absolute atomic E-state index is 11.5. The Morgan fingerprint density at radius 3 is 2.15 bits per heavy atom. The normalized spacial score (nSPS) is 14.3. The van der Waals surface area contributed by atoms with E-state index in [9.17, 15) is 4.79 Å². The summed E-state index contributed by atoms with van der Waals surface area (Å²) in [5.74, 6) is 0.880. The van der Waals surface area contributed by atoms with Gasteiger partial charge in [0.1, 0.15) is 5.78 Å². The molecular weight excluding hydrogens is 160 g/mol. The van der Waals surface area contributed by atoms with Crippen molar-refractivity contribution >= 4 is 5.78 Å². The van der Waals surface area contributed by atoms with E-state index in [2.05, 4.69) is 27.4 Å². The van der Waals surface area contributed by atoms with Gasteiger partial charge in [-0.2, -0.15) is 0 Å². The van der Waals surface area contributed by atoms with Crippen molar-refractivity contribution in [2.75, 3.05) is 0 Å². The van der Waals surface area contributed by atoms with Crippen LogP contribution in [0, 0.1) is 17.3 Å². The molecule has 0 spiro atoms. The fourth-order valence-corrected chi connectivity index (χ4v) is 1.00. The molecule has 0 aromatic rings. The summed E-state index contributed by atoms with van der Waals surface area (Å²) in [7, 11) is 0. The molecule has 0 aliphatic heterocycles. The van der Waals surface area contributed by atoms with Crippen LogP contribution in [-0.2, 0) is 4.79 Å². The lowest BCUT2D eigenvalue weighted by Gasteiger charge is -2.28. The smallest absolute Gasteiger partial charge is 0.135 e. The predicted molar refractivity (Wildman–Crippen MR) is 57.6 cm³/mol. The summed E-state index contributed by atoms with van der Waals surface area (Å²) in [5.41, 5.74) is 0.0601. The third-order valence-corrected chi connectivity index (χ3v) is 2.95. The van der Waals surface area contributed by atoms with Gasteiger partial charge >= 0.3 is 0 Å². The van der Waals surface area contributed by atoms with Crippen LogP contribution in [-0.4, -0.2) is 5.78 Å². The summed E-state index contributed by atoms with van der Waals surface area (Å²) < 4.78 is 0. The number of carbonyl (C=O) groups is 1. The Hall–Kier alpha value is -0.590. The van der Waals surface area contributed by atoms with Crippen LogP contribution in [0.1, 0.15) is 41.0 Å². The lowest BCUT2D eigenvalue weighted by atomic mass is 9.76. The second-order valence-electron chi connectivity index (χ2n) is 4.75. The number of allylic oxidation sites excluding steroid dienone is 1. The highest BCUT2D eigenvalue weighted by Gasteiger charge is 2.24. The van der Waals surface area contributed by atoms with E-state index in [4.69, 9.17) is 0 Å². The van der Waals surface area contributed by atoms with Gasteiger partial charge in [0.25, 0.3) is 0 Å². The molecule has 0 radical (unpaired) electrons. The molecule has 0 saturated carbocycles. The Balaban J connectivity index is 4.23. The molecule has 0 aromatic carbocycles. The number of carbonyl (C=O) groups excluding carboxylic acids is 1. The van der Waals surface area contributed by atoms with Gasteiger partial charge in [-0.1, -0.05) is 40.7 Å². The van der Waals surface area contributed by atoms with Crippen LogP contribution in [0.4, 0.5) is 0 Å². The van der Waals surface area contributed by atoms with Gasteiger partial charge in [0, 0.05) is 12.3 Å². The van der Waals surface area contributed by atoms with Crippen molar-refractivity contribution in [3.63, 3.8) is 0 Å². The SMILES string of the molecule is C=CC(C)(C)[C@@H](C)CC(=O)C(C)C. The zero-order chi connectivity index (χ0) is 10.6. The van der Waals surface area contributed by atoms with Crippen LogP contribution in [0.15, 0.2) is 12.7 Å². The first-order chi connectivity index (χ1) is 5.81. The van der Waals surface area contributed by atoms with Gasteiger partial charge in [0.05, 0.1) is 0 Å². The highest BCUT2D eigenvalue weighted by Crippen LogP contribution is 2.30. The molecule has 0 bridgehead atoms. The predicted octanol–water partition coefficient (Wildman–Crippen LogP) is 3.45. The second kappa shape index (κ2) is 4.59. The van der Waals surface area contributed by atoms with Gasteiger partial charge in [-0.3, -0.25) is 4.79 Å². The molecule has 0 heterocycles. The van der Waals surface area contributed by atoms with Crippen molar-refractivity contribution in [2.45, 2.75) is 41.0 Å². The van der Waals surface area contributed by atoms with E-state index in [1.165, 1.54) is 0 Å². The number of ketones is 1. The quantitative estimate of drug-likeness (QED) is 0.595. The highest BCUT2D eigenvalue weighted by atomic mass is 16.1. The van der Waals surface area contributed by atoms with E-state index in [0.717, 1.165) is 0 Å². The molecule has 0 amide bonds. The molecule has 0 aliphatic rings. The summed E-state index contributed by atoms with van der Waals surface area (Å²) in [6.07, 6.45) is 2.60. The summed E-state index contributed by atoms with van der Waals surface area (Å²) in [5, 5.41) is 0. The molecule has 0 fully saturated rings. The summed E-state index contributed by atoms with van der Waals surface area (Å²) >= 11 is 0. The zero-order valence-corrected chi connectivity index (χ0v) is 9.55. The topological polar surface area (TPSA) is 17.1 Å². The molecular formula is C12H22O. The van der Waals surface area contributed by atoms with Crippen molar-refractivity contribution in [1.82, 2.24) is 0 Å². The van der Waals surface area contributed by atoms with E-state index in [0.29, 0.717) is 18.1 Å². The number of rotatable bonds is 5. The van der Waals surface area contributed by atoms with Crippen molar-refractivity contribution in [3.8, 4) is 0 Å². The van der Waals surface area contributed by atoms with E-state index >= 15 is 0 Å². The second-order valence-corrected chi connectivity index (χ2v) is 4.75. The Kier molecular flexibility index (Phi) is 4.38. The maximum Gasteiger partial charge on any atom is 0.135 e. The molecule has 13 heavy (non-hydrogen) atoms. The minimum Gasteiger partial charge on any atom is -0.299 e. The van der Waals surface area contributed by atoms with Gasteiger partial charge < -0.3 is 0 Å². The van der Waals surface area contributed by atoms with E-state index in [-0.39, 0.29) is 11.3 Å². The van der Waals surface area contributed by atoms with E-state index in [1.807, 2.05) is 19.9 Å². The fraction of sp³-hybridized carbons (Fsp3) is 0.750. The monoisotopic (exact) mass is 182 g/mol. The Morgan fingerprint density at radius 2 is 1.85 bits per heavy atom. The average molecular weight is 182 g/mol. The average Bonchev–Trinajstić information content (AvgIpc) is 2.04. The van der Waals surface area contributed by atoms with Gasteiger partial charge in [-0.05, 0) is 11.3 Å². The molecule has 0 saturated heterocycles. The third-order valence-electron chi connectivity index (χ3n) is 2.95. The van der Waals surface area contributed by atoms with Gasteiger partial charge in [0.2, 0.25) is 0 Å². The van der Waals surface area contributed by atoms with Crippen LogP contribution >= 0.6 is 0 Å². The number of Topliss-reactive ketones (excluding diaryl/α,β-unsaturated/α-hetero) is 1. The van der Waals surface area contributed by atoms with Crippen LogP contribution in [0.2, 0.25) is 0 Å². The maximum atomic E-state index is 11.5. The molecule has 1 nitrogen and oxygen atoms in total. The van der Waals surface area contributed by atoms with Gasteiger partial charge in [-0.25, -0.2) is 0 Å². The Morgan fingerprint density at radius 1 is 1.38 bits per heavy atom. The first-order valence-corrected chi connectivity index (χ1v) is 4.97. The molecule has 0 N–H and O–H groups in total. The summed E-state index contributed by atoms with van der Waals surface area (Å²) in [6, 6.07) is 0. The van der Waals surface area contributed by atoms with Crippen LogP contribution in [0.25, 0.3) is 0 Å². The molecule has 76 valence electrons. The van der Waals surface area contributed by atoms with Crippen molar-refractivity contribution in [3.05, 3.63) is 12.7 Å². The molecule has 0 aromatic heterocycles. The van der Waals surface area contributed by atoms with Crippen molar-refractivity contribution < 1.29 is 4.79 Å². The van der Waals surface area contributed by atoms with Crippen LogP contribution in [0.3, 0.4) is 0 Å². The number of hydrogen-bond donors (Lipinski definition) is 0. The van der Waals surface area contributed by atoms with E-state index < -0.39 is 0 Å². The first-order valence-electron chi connectivity index (χ1n) is 4.97. The Bertz CT molecular complexity index is 189. The van der Waals surface area contributed by atoms with Gasteiger partial charge in [0.15, 0.2) is 0 Å². The zero-order valence-electron chi connectivity index (χ0n) is 9.55. The Labute approximate surface area is 82.2 Å². The lowest BCUT2D eigenvalue weighted by molar-refractivity contribution is -0.123. The van der Waals surface area contributed by atoms with Gasteiger partial charge in [-0.15, -0.1) is 6.58 Å². The van der Waals surface area contributed by atoms with E-state index in [1.54, 1.807) is 0 Å². The molecule has 0 rings (SSSR count). The largest absolute Gasteiger partial charge is 0.299 e. The minimum absolute atomic E-state index is 0.0601. The minimum atomic E-state index is 0.0601. The highest BCUT2D eigenvalue weighted by molar-refractivity contribution is 5.80. The molecule has 1 heteroatoms. The molecule has 0 aliphatic carbocycles. The lowest BCUT2D eigenvalue weighted by Crippen LogP contribution is -2.23.